The highest BCUT2D eigenvalue weighted by molar-refractivity contribution is 5.57. The lowest BCUT2D eigenvalue weighted by atomic mass is 9.98. The Labute approximate surface area is 116 Å². The number of hydrogen-bond donors (Lipinski definition) is 1. The highest BCUT2D eigenvalue weighted by atomic mass is 16.5. The predicted octanol–water partition coefficient (Wildman–Crippen LogP) is 2.94. The maximum absolute atomic E-state index is 5.59. The Kier molecular flexibility index (Phi) is 5.23. The standard InChI is InChI=1S/C16H26N2O/c1-13(2)19-11-10-18(3)9-8-14-12-17-16-7-5-4-6-15(14)16/h4-7,13-14,17H,8-12H2,1-3H3. The fourth-order valence-electron chi connectivity index (χ4n) is 2.55. The van der Waals surface area contributed by atoms with E-state index in [0.29, 0.717) is 12.0 Å². The Morgan fingerprint density at radius 3 is 2.89 bits per heavy atom. The molecule has 0 bridgehead atoms. The molecule has 0 aromatic heterocycles. The SMILES string of the molecule is CC(C)OCCN(C)CCC1CNc2ccccc21. The minimum atomic E-state index is 0.333. The van der Waals surface area contributed by atoms with Gasteiger partial charge in [0.25, 0.3) is 0 Å². The van der Waals surface area contributed by atoms with Gasteiger partial charge in [-0.15, -0.1) is 0 Å². The summed E-state index contributed by atoms with van der Waals surface area (Å²) in [5.74, 6) is 0.657. The quantitative estimate of drug-likeness (QED) is 0.817. The van der Waals surface area contributed by atoms with Crippen LogP contribution in [-0.4, -0.2) is 44.3 Å². The molecule has 0 fully saturated rings. The van der Waals surface area contributed by atoms with Gasteiger partial charge in [-0.3, -0.25) is 0 Å². The number of likely N-dealkylation sites (N-methyl/N-ethyl adjacent to an activating group) is 1. The smallest absolute Gasteiger partial charge is 0.0596 e. The second kappa shape index (κ2) is 6.92. The molecule has 1 unspecified atom stereocenters. The Bertz CT molecular complexity index is 392. The van der Waals surface area contributed by atoms with Crippen LogP contribution >= 0.6 is 0 Å². The molecule has 1 aliphatic heterocycles. The van der Waals surface area contributed by atoms with Crippen molar-refractivity contribution >= 4 is 5.69 Å². The van der Waals surface area contributed by atoms with Crippen LogP contribution in [0.3, 0.4) is 0 Å². The molecule has 0 spiro atoms. The van der Waals surface area contributed by atoms with Gasteiger partial charge in [-0.2, -0.15) is 0 Å². The summed E-state index contributed by atoms with van der Waals surface area (Å²) in [5.41, 5.74) is 2.80. The normalized spacial score (nSPS) is 17.8. The van der Waals surface area contributed by atoms with Gasteiger partial charge in [-0.25, -0.2) is 0 Å². The van der Waals surface area contributed by atoms with Crippen LogP contribution in [0.15, 0.2) is 24.3 Å². The summed E-state index contributed by atoms with van der Waals surface area (Å²) in [5, 5.41) is 3.49. The maximum atomic E-state index is 5.59. The first kappa shape index (κ1) is 14.4. The average molecular weight is 262 g/mol. The predicted molar refractivity (Wildman–Crippen MR) is 80.9 cm³/mol. The van der Waals surface area contributed by atoms with Crippen LogP contribution in [0.25, 0.3) is 0 Å². The van der Waals surface area contributed by atoms with E-state index in [9.17, 15) is 0 Å². The Balaban J connectivity index is 1.72. The van der Waals surface area contributed by atoms with E-state index >= 15 is 0 Å². The molecule has 1 aromatic rings. The molecule has 1 aromatic carbocycles. The van der Waals surface area contributed by atoms with Gasteiger partial charge in [0.05, 0.1) is 12.7 Å². The van der Waals surface area contributed by atoms with E-state index in [2.05, 4.69) is 55.4 Å². The van der Waals surface area contributed by atoms with Gasteiger partial charge in [0.1, 0.15) is 0 Å². The molecule has 19 heavy (non-hydrogen) atoms. The Morgan fingerprint density at radius 2 is 2.11 bits per heavy atom. The first-order valence-corrected chi connectivity index (χ1v) is 7.29. The van der Waals surface area contributed by atoms with Crippen molar-refractivity contribution in [3.63, 3.8) is 0 Å². The van der Waals surface area contributed by atoms with Crippen LogP contribution in [0.1, 0.15) is 31.7 Å². The topological polar surface area (TPSA) is 24.5 Å². The zero-order valence-corrected chi connectivity index (χ0v) is 12.4. The largest absolute Gasteiger partial charge is 0.384 e. The molecule has 0 aliphatic carbocycles. The minimum absolute atomic E-state index is 0.333. The van der Waals surface area contributed by atoms with Crippen LogP contribution < -0.4 is 5.32 Å². The number of benzene rings is 1. The number of anilines is 1. The molecule has 3 heteroatoms. The first-order chi connectivity index (χ1) is 9.16. The van der Waals surface area contributed by atoms with Crippen molar-refractivity contribution in [2.24, 2.45) is 0 Å². The summed E-state index contributed by atoms with van der Waals surface area (Å²) in [4.78, 5) is 2.36. The molecule has 1 heterocycles. The molecule has 0 radical (unpaired) electrons. The number of fused-ring (bicyclic) bond motifs is 1. The van der Waals surface area contributed by atoms with Gasteiger partial charge in [0.15, 0.2) is 0 Å². The molecule has 2 rings (SSSR count). The van der Waals surface area contributed by atoms with Gasteiger partial charge in [-0.05, 0) is 45.5 Å². The molecule has 0 amide bonds. The van der Waals surface area contributed by atoms with Crippen LogP contribution in [0.4, 0.5) is 5.69 Å². The van der Waals surface area contributed by atoms with Crippen molar-refractivity contribution in [1.29, 1.82) is 0 Å². The molecule has 0 saturated heterocycles. The van der Waals surface area contributed by atoms with Gasteiger partial charge in [0, 0.05) is 24.7 Å². The number of nitrogens with zero attached hydrogens (tertiary/aromatic N) is 1. The average Bonchev–Trinajstić information content (AvgIpc) is 2.79. The van der Waals surface area contributed by atoms with E-state index < -0.39 is 0 Å². The molecular formula is C16H26N2O. The molecule has 3 nitrogen and oxygen atoms in total. The van der Waals surface area contributed by atoms with Gasteiger partial charge in [0.2, 0.25) is 0 Å². The zero-order valence-electron chi connectivity index (χ0n) is 12.4. The van der Waals surface area contributed by atoms with Crippen molar-refractivity contribution in [3.8, 4) is 0 Å². The molecular weight excluding hydrogens is 236 g/mol. The monoisotopic (exact) mass is 262 g/mol. The second-order valence-electron chi connectivity index (χ2n) is 5.68. The lowest BCUT2D eigenvalue weighted by molar-refractivity contribution is 0.0635. The van der Waals surface area contributed by atoms with Crippen molar-refractivity contribution < 1.29 is 4.74 Å². The fourth-order valence-corrected chi connectivity index (χ4v) is 2.55. The van der Waals surface area contributed by atoms with Gasteiger partial charge < -0.3 is 15.0 Å². The minimum Gasteiger partial charge on any atom is -0.384 e. The number of rotatable bonds is 7. The van der Waals surface area contributed by atoms with Gasteiger partial charge >= 0.3 is 0 Å². The van der Waals surface area contributed by atoms with Crippen LogP contribution in [0.5, 0.6) is 0 Å². The summed E-state index contributed by atoms with van der Waals surface area (Å²) in [6.07, 6.45) is 1.54. The Hall–Kier alpha value is -1.06. The highest BCUT2D eigenvalue weighted by Crippen LogP contribution is 2.33. The number of nitrogens with one attached hydrogen (secondary N) is 1. The van der Waals surface area contributed by atoms with E-state index in [1.54, 1.807) is 0 Å². The van der Waals surface area contributed by atoms with Crippen LogP contribution in [-0.2, 0) is 4.74 Å². The van der Waals surface area contributed by atoms with Crippen LogP contribution in [0.2, 0.25) is 0 Å². The third-order valence-electron chi connectivity index (χ3n) is 3.72. The number of para-hydroxylation sites is 1. The Morgan fingerprint density at radius 1 is 1.32 bits per heavy atom. The first-order valence-electron chi connectivity index (χ1n) is 7.29. The van der Waals surface area contributed by atoms with E-state index in [-0.39, 0.29) is 0 Å². The highest BCUT2D eigenvalue weighted by Gasteiger charge is 2.21. The van der Waals surface area contributed by atoms with E-state index in [1.807, 2.05) is 0 Å². The number of ether oxygens (including phenoxy) is 1. The van der Waals surface area contributed by atoms with Crippen molar-refractivity contribution in [3.05, 3.63) is 29.8 Å². The molecule has 0 saturated carbocycles. The second-order valence-corrected chi connectivity index (χ2v) is 5.68. The van der Waals surface area contributed by atoms with E-state index in [4.69, 9.17) is 4.74 Å². The summed E-state index contributed by atoms with van der Waals surface area (Å²) < 4.78 is 5.59. The third kappa shape index (κ3) is 4.22. The van der Waals surface area contributed by atoms with E-state index in [0.717, 1.165) is 26.2 Å². The lowest BCUT2D eigenvalue weighted by Crippen LogP contribution is -2.26. The number of hydrogen-bond acceptors (Lipinski definition) is 3. The fraction of sp³-hybridized carbons (Fsp3) is 0.625. The molecule has 1 aliphatic rings. The summed E-state index contributed by atoms with van der Waals surface area (Å²) in [7, 11) is 2.18. The molecule has 106 valence electrons. The van der Waals surface area contributed by atoms with E-state index in [1.165, 1.54) is 17.7 Å². The van der Waals surface area contributed by atoms with Crippen molar-refractivity contribution in [2.75, 3.05) is 38.6 Å². The molecule has 1 N–H and O–H groups in total. The summed E-state index contributed by atoms with van der Waals surface area (Å²) in [6.45, 7) is 8.22. The lowest BCUT2D eigenvalue weighted by Gasteiger charge is -2.19. The zero-order chi connectivity index (χ0) is 13.7. The summed E-state index contributed by atoms with van der Waals surface area (Å²) >= 11 is 0. The maximum Gasteiger partial charge on any atom is 0.0596 e. The van der Waals surface area contributed by atoms with Crippen molar-refractivity contribution in [2.45, 2.75) is 32.3 Å². The molecule has 1 atom stereocenters. The third-order valence-corrected chi connectivity index (χ3v) is 3.72. The van der Waals surface area contributed by atoms with Crippen molar-refractivity contribution in [1.82, 2.24) is 4.90 Å². The van der Waals surface area contributed by atoms with Crippen LogP contribution in [0, 0.1) is 0 Å². The van der Waals surface area contributed by atoms with Gasteiger partial charge in [-0.1, -0.05) is 18.2 Å². The summed E-state index contributed by atoms with van der Waals surface area (Å²) in [6, 6.07) is 8.67.